The summed E-state index contributed by atoms with van der Waals surface area (Å²) in [5.41, 5.74) is 1.93. The van der Waals surface area contributed by atoms with Crippen molar-refractivity contribution >= 4 is 0 Å². The molecule has 1 aliphatic carbocycles. The third-order valence-electron chi connectivity index (χ3n) is 5.27. The first-order valence-electron chi connectivity index (χ1n) is 8.19. The molecule has 0 spiro atoms. The van der Waals surface area contributed by atoms with Gasteiger partial charge in [0.05, 0.1) is 0 Å². The molecule has 110 valence electrons. The average molecular weight is 272 g/mol. The zero-order valence-electron chi connectivity index (χ0n) is 12.9. The van der Waals surface area contributed by atoms with Crippen LogP contribution in [0.3, 0.4) is 0 Å². The van der Waals surface area contributed by atoms with Crippen molar-refractivity contribution in [2.24, 2.45) is 5.41 Å². The zero-order valence-corrected chi connectivity index (χ0v) is 12.9. The minimum Gasteiger partial charge on any atom is -0.309 e. The summed E-state index contributed by atoms with van der Waals surface area (Å²) in [7, 11) is 0. The van der Waals surface area contributed by atoms with Crippen molar-refractivity contribution in [2.75, 3.05) is 19.6 Å². The van der Waals surface area contributed by atoms with E-state index in [4.69, 9.17) is 0 Å². The minimum atomic E-state index is 0.492. The van der Waals surface area contributed by atoms with Gasteiger partial charge in [-0.25, -0.2) is 0 Å². The van der Waals surface area contributed by atoms with Gasteiger partial charge < -0.3 is 5.32 Å². The predicted octanol–water partition coefficient (Wildman–Crippen LogP) is 3.60. The number of hydrogen-bond donors (Lipinski definition) is 1. The molecule has 0 bridgehead atoms. The molecule has 2 unspecified atom stereocenters. The Morgan fingerprint density at radius 3 is 2.65 bits per heavy atom. The first-order chi connectivity index (χ1) is 9.67. The highest BCUT2D eigenvalue weighted by Gasteiger charge is 2.39. The lowest BCUT2D eigenvalue weighted by Gasteiger charge is -2.38. The smallest absolute Gasteiger partial charge is 0.0449 e. The van der Waals surface area contributed by atoms with Gasteiger partial charge in [-0.2, -0.15) is 0 Å². The molecule has 0 radical (unpaired) electrons. The van der Waals surface area contributed by atoms with Crippen LogP contribution in [0.4, 0.5) is 0 Å². The highest BCUT2D eigenvalue weighted by atomic mass is 15.2. The summed E-state index contributed by atoms with van der Waals surface area (Å²) >= 11 is 0. The van der Waals surface area contributed by atoms with E-state index < -0.39 is 0 Å². The summed E-state index contributed by atoms with van der Waals surface area (Å²) in [6.45, 7) is 8.48. The van der Waals surface area contributed by atoms with E-state index in [1.54, 1.807) is 0 Å². The molecule has 2 atom stereocenters. The summed E-state index contributed by atoms with van der Waals surface area (Å²) in [6.07, 6.45) is 5.44. The number of hydrogen-bond acceptors (Lipinski definition) is 2. The largest absolute Gasteiger partial charge is 0.309 e. The van der Waals surface area contributed by atoms with Crippen molar-refractivity contribution in [1.82, 2.24) is 10.2 Å². The van der Waals surface area contributed by atoms with Crippen molar-refractivity contribution in [2.45, 2.75) is 51.6 Å². The van der Waals surface area contributed by atoms with Gasteiger partial charge in [-0.05, 0) is 43.3 Å². The van der Waals surface area contributed by atoms with E-state index in [0.717, 1.165) is 19.1 Å². The monoisotopic (exact) mass is 272 g/mol. The van der Waals surface area contributed by atoms with E-state index in [0.29, 0.717) is 11.5 Å². The molecule has 2 aliphatic rings. The third kappa shape index (κ3) is 2.91. The number of benzene rings is 1. The van der Waals surface area contributed by atoms with Gasteiger partial charge in [-0.3, -0.25) is 4.90 Å². The Hall–Kier alpha value is -0.860. The molecular formula is C18H28N2. The first-order valence-corrected chi connectivity index (χ1v) is 8.19. The molecule has 3 rings (SSSR count). The fourth-order valence-corrected chi connectivity index (χ4v) is 4.13. The molecule has 0 aromatic heterocycles. The molecular weight excluding hydrogens is 244 g/mol. The van der Waals surface area contributed by atoms with Crippen molar-refractivity contribution in [3.05, 3.63) is 35.9 Å². The number of nitrogens with zero attached hydrogens (tertiary/aromatic N) is 1. The summed E-state index contributed by atoms with van der Waals surface area (Å²) in [5.74, 6) is 0. The van der Waals surface area contributed by atoms with Gasteiger partial charge in [0.1, 0.15) is 0 Å². The Bertz CT molecular complexity index is 426. The van der Waals surface area contributed by atoms with E-state index in [9.17, 15) is 0 Å². The fourth-order valence-electron chi connectivity index (χ4n) is 4.13. The van der Waals surface area contributed by atoms with Crippen LogP contribution in [0.25, 0.3) is 0 Å². The summed E-state index contributed by atoms with van der Waals surface area (Å²) in [6, 6.07) is 12.2. The highest BCUT2D eigenvalue weighted by molar-refractivity contribution is 5.19. The zero-order chi connectivity index (χ0) is 14.0. The number of rotatable bonds is 2. The van der Waals surface area contributed by atoms with Crippen molar-refractivity contribution < 1.29 is 0 Å². The van der Waals surface area contributed by atoms with Crippen LogP contribution >= 0.6 is 0 Å². The SMILES string of the molecule is CC1(C)CCCC1N1CCCNC(c2ccccc2)C1. The van der Waals surface area contributed by atoms with Crippen molar-refractivity contribution in [3.8, 4) is 0 Å². The van der Waals surface area contributed by atoms with Crippen molar-refractivity contribution in [3.63, 3.8) is 0 Å². The second-order valence-corrected chi connectivity index (χ2v) is 7.16. The third-order valence-corrected chi connectivity index (χ3v) is 5.27. The maximum absolute atomic E-state index is 3.74. The van der Waals surface area contributed by atoms with Crippen LogP contribution in [-0.4, -0.2) is 30.6 Å². The second kappa shape index (κ2) is 5.87. The van der Waals surface area contributed by atoms with Gasteiger partial charge >= 0.3 is 0 Å². The van der Waals surface area contributed by atoms with Crippen LogP contribution in [0.15, 0.2) is 30.3 Å². The predicted molar refractivity (Wildman–Crippen MR) is 84.8 cm³/mol. The van der Waals surface area contributed by atoms with Crippen LogP contribution in [0, 0.1) is 5.41 Å². The van der Waals surface area contributed by atoms with Crippen LogP contribution < -0.4 is 5.32 Å². The van der Waals surface area contributed by atoms with Crippen LogP contribution in [0.1, 0.15) is 51.1 Å². The molecule has 1 saturated carbocycles. The molecule has 2 nitrogen and oxygen atoms in total. The Balaban J connectivity index is 1.76. The maximum Gasteiger partial charge on any atom is 0.0449 e. The van der Waals surface area contributed by atoms with E-state index in [2.05, 4.69) is 54.4 Å². The van der Waals surface area contributed by atoms with Crippen LogP contribution in [-0.2, 0) is 0 Å². The van der Waals surface area contributed by atoms with Crippen LogP contribution in [0.5, 0.6) is 0 Å². The van der Waals surface area contributed by atoms with Gasteiger partial charge in [-0.1, -0.05) is 50.6 Å². The van der Waals surface area contributed by atoms with Crippen molar-refractivity contribution in [1.29, 1.82) is 0 Å². The molecule has 1 aromatic carbocycles. The highest BCUT2D eigenvalue weighted by Crippen LogP contribution is 2.41. The van der Waals surface area contributed by atoms with E-state index in [1.165, 1.54) is 37.8 Å². The maximum atomic E-state index is 3.74. The van der Waals surface area contributed by atoms with E-state index in [-0.39, 0.29) is 0 Å². The van der Waals surface area contributed by atoms with Crippen LogP contribution in [0.2, 0.25) is 0 Å². The molecule has 1 saturated heterocycles. The Morgan fingerprint density at radius 2 is 1.95 bits per heavy atom. The topological polar surface area (TPSA) is 15.3 Å². The summed E-state index contributed by atoms with van der Waals surface area (Å²) in [5, 5.41) is 3.74. The lowest BCUT2D eigenvalue weighted by Crippen LogP contribution is -2.44. The fraction of sp³-hybridized carbons (Fsp3) is 0.667. The summed E-state index contributed by atoms with van der Waals surface area (Å²) < 4.78 is 0. The van der Waals surface area contributed by atoms with Gasteiger partial charge in [0.2, 0.25) is 0 Å². The van der Waals surface area contributed by atoms with Gasteiger partial charge in [0.15, 0.2) is 0 Å². The quantitative estimate of drug-likeness (QED) is 0.885. The standard InChI is InChI=1S/C18H28N2/c1-18(2)11-6-10-17(18)20-13-7-12-19-16(14-20)15-8-4-3-5-9-15/h3-5,8-9,16-17,19H,6-7,10-14H2,1-2H3. The van der Waals surface area contributed by atoms with Gasteiger partial charge in [0, 0.05) is 18.6 Å². The molecule has 2 heteroatoms. The second-order valence-electron chi connectivity index (χ2n) is 7.16. The molecule has 0 amide bonds. The normalized spacial score (nSPS) is 31.1. The van der Waals surface area contributed by atoms with E-state index in [1.807, 2.05) is 0 Å². The molecule has 1 heterocycles. The Morgan fingerprint density at radius 1 is 1.15 bits per heavy atom. The lowest BCUT2D eigenvalue weighted by molar-refractivity contribution is 0.111. The lowest BCUT2D eigenvalue weighted by atomic mass is 9.86. The molecule has 1 aromatic rings. The summed E-state index contributed by atoms with van der Waals surface area (Å²) in [4.78, 5) is 2.77. The Labute approximate surface area is 123 Å². The molecule has 1 N–H and O–H groups in total. The average Bonchev–Trinajstić information content (AvgIpc) is 2.66. The van der Waals surface area contributed by atoms with Gasteiger partial charge in [-0.15, -0.1) is 0 Å². The van der Waals surface area contributed by atoms with Gasteiger partial charge in [0.25, 0.3) is 0 Å². The molecule has 20 heavy (non-hydrogen) atoms. The van der Waals surface area contributed by atoms with E-state index >= 15 is 0 Å². The minimum absolute atomic E-state index is 0.492. The molecule has 2 fully saturated rings. The number of nitrogens with one attached hydrogen (secondary N) is 1. The first kappa shape index (κ1) is 14.1. The Kier molecular flexibility index (Phi) is 4.13. The molecule has 1 aliphatic heterocycles.